The minimum absolute atomic E-state index is 0.0134. The van der Waals surface area contributed by atoms with E-state index in [2.05, 4.69) is 5.32 Å². The Kier molecular flexibility index (Phi) is 7.70. The average molecular weight is 500 g/mol. The van der Waals surface area contributed by atoms with Crippen LogP contribution in [0.25, 0.3) is 10.9 Å². The van der Waals surface area contributed by atoms with Crippen LogP contribution in [-0.2, 0) is 11.3 Å². The number of hydrogen-bond donors (Lipinski definition) is 1. The van der Waals surface area contributed by atoms with Crippen molar-refractivity contribution < 1.29 is 14.3 Å². The van der Waals surface area contributed by atoms with Crippen LogP contribution in [0.5, 0.6) is 0 Å². The zero-order valence-electron chi connectivity index (χ0n) is 19.0. The molecule has 178 valence electrons. The summed E-state index contributed by atoms with van der Waals surface area (Å²) in [6, 6.07) is 11.6. The van der Waals surface area contributed by atoms with Gasteiger partial charge in [0.1, 0.15) is 0 Å². The van der Waals surface area contributed by atoms with Crippen LogP contribution in [0, 0.1) is 0 Å². The number of rotatable bonds is 8. The number of ether oxygens (including phenoxy) is 1. The van der Waals surface area contributed by atoms with E-state index in [0.717, 1.165) is 12.8 Å². The van der Waals surface area contributed by atoms with E-state index in [4.69, 9.17) is 21.3 Å². The Bertz CT molecular complexity index is 1270. The summed E-state index contributed by atoms with van der Waals surface area (Å²) in [6.45, 7) is 4.81. The van der Waals surface area contributed by atoms with Crippen molar-refractivity contribution in [2.75, 3.05) is 12.4 Å². The highest BCUT2D eigenvalue weighted by Crippen LogP contribution is 2.23. The highest BCUT2D eigenvalue weighted by atomic mass is 35.5. The van der Waals surface area contributed by atoms with Crippen LogP contribution in [-0.4, -0.2) is 45.7 Å². The van der Waals surface area contributed by atoms with Gasteiger partial charge in [0, 0.05) is 28.8 Å². The van der Waals surface area contributed by atoms with Gasteiger partial charge in [-0.15, -0.1) is 0 Å². The van der Waals surface area contributed by atoms with Crippen molar-refractivity contribution in [3.63, 3.8) is 0 Å². The highest BCUT2D eigenvalue weighted by Gasteiger charge is 2.21. The number of halogens is 1. The van der Waals surface area contributed by atoms with Crippen LogP contribution in [0.15, 0.2) is 52.4 Å². The van der Waals surface area contributed by atoms with E-state index < -0.39 is 0 Å². The minimum Gasteiger partial charge on any atom is -0.376 e. The third kappa shape index (κ3) is 5.68. The van der Waals surface area contributed by atoms with E-state index in [-0.39, 0.29) is 35.1 Å². The molecule has 2 aromatic carbocycles. The lowest BCUT2D eigenvalue weighted by molar-refractivity contribution is 0.0936. The number of nitrogens with one attached hydrogen (secondary N) is 1. The van der Waals surface area contributed by atoms with Gasteiger partial charge in [-0.2, -0.15) is 0 Å². The van der Waals surface area contributed by atoms with E-state index in [0.29, 0.717) is 45.4 Å². The van der Waals surface area contributed by atoms with Crippen LogP contribution >= 0.6 is 23.4 Å². The van der Waals surface area contributed by atoms with Crippen molar-refractivity contribution >= 4 is 46.0 Å². The molecule has 1 aliphatic rings. The van der Waals surface area contributed by atoms with Gasteiger partial charge in [0.25, 0.3) is 11.5 Å². The normalized spacial score (nSPS) is 15.7. The molecule has 1 fully saturated rings. The molecular weight excluding hydrogens is 474 g/mol. The average Bonchev–Trinajstić information content (AvgIpc) is 3.32. The molecular formula is C25H26ClN3O4S. The Morgan fingerprint density at radius 3 is 2.62 bits per heavy atom. The number of benzene rings is 2. The predicted octanol–water partition coefficient (Wildman–Crippen LogP) is 4.34. The summed E-state index contributed by atoms with van der Waals surface area (Å²) in [5.74, 6) is -0.211. The number of nitrogens with zero attached hydrogens (tertiary/aromatic N) is 2. The molecule has 1 unspecified atom stereocenters. The van der Waals surface area contributed by atoms with Crippen LogP contribution in [0.1, 0.15) is 47.4 Å². The molecule has 1 saturated heterocycles. The number of Topliss-reactive ketones (excluding diaryl/α,β-unsaturated/α-hetero) is 1. The number of ketones is 1. The van der Waals surface area contributed by atoms with Gasteiger partial charge in [0.2, 0.25) is 0 Å². The summed E-state index contributed by atoms with van der Waals surface area (Å²) in [4.78, 5) is 43.3. The smallest absolute Gasteiger partial charge is 0.262 e. The fourth-order valence-electron chi connectivity index (χ4n) is 3.80. The summed E-state index contributed by atoms with van der Waals surface area (Å²) in [5, 5.41) is 4.26. The van der Waals surface area contributed by atoms with Crippen molar-refractivity contribution in [3.05, 3.63) is 69.0 Å². The predicted molar refractivity (Wildman–Crippen MR) is 134 cm³/mol. The van der Waals surface area contributed by atoms with Crippen LogP contribution in [0.3, 0.4) is 0 Å². The highest BCUT2D eigenvalue weighted by molar-refractivity contribution is 7.99. The van der Waals surface area contributed by atoms with Crippen molar-refractivity contribution in [1.29, 1.82) is 0 Å². The summed E-state index contributed by atoms with van der Waals surface area (Å²) in [6.07, 6.45) is 1.75. The fraction of sp³-hybridized carbons (Fsp3) is 0.360. The number of carbonyl (C=O) groups is 2. The van der Waals surface area contributed by atoms with Gasteiger partial charge in [0.15, 0.2) is 10.9 Å². The molecule has 0 spiro atoms. The topological polar surface area (TPSA) is 90.3 Å². The van der Waals surface area contributed by atoms with Gasteiger partial charge >= 0.3 is 0 Å². The zero-order chi connectivity index (χ0) is 24.2. The first-order chi connectivity index (χ1) is 16.3. The molecule has 1 amide bonds. The Morgan fingerprint density at radius 1 is 1.21 bits per heavy atom. The summed E-state index contributed by atoms with van der Waals surface area (Å²) in [5.41, 5.74) is 1.18. The van der Waals surface area contributed by atoms with E-state index in [1.54, 1.807) is 47.0 Å². The lowest BCUT2D eigenvalue weighted by Gasteiger charge is -2.17. The van der Waals surface area contributed by atoms with Gasteiger partial charge in [0.05, 0.1) is 29.3 Å². The van der Waals surface area contributed by atoms with Crippen molar-refractivity contribution in [3.8, 4) is 0 Å². The third-order valence-corrected chi connectivity index (χ3v) is 6.74. The maximum Gasteiger partial charge on any atom is 0.262 e. The van der Waals surface area contributed by atoms with Gasteiger partial charge in [-0.1, -0.05) is 23.4 Å². The first-order valence-electron chi connectivity index (χ1n) is 11.2. The molecule has 0 aliphatic carbocycles. The lowest BCUT2D eigenvalue weighted by Crippen LogP contribution is -2.31. The molecule has 2 heterocycles. The molecule has 0 radical (unpaired) electrons. The molecule has 1 atom stereocenters. The molecule has 3 aromatic rings. The first kappa shape index (κ1) is 24.4. The van der Waals surface area contributed by atoms with E-state index in [1.165, 1.54) is 11.8 Å². The maximum atomic E-state index is 13.4. The number of amides is 1. The molecule has 9 heteroatoms. The Labute approximate surface area is 206 Å². The van der Waals surface area contributed by atoms with Crippen LogP contribution in [0.4, 0.5) is 0 Å². The van der Waals surface area contributed by atoms with Gasteiger partial charge in [-0.3, -0.25) is 19.0 Å². The minimum atomic E-state index is -0.227. The standard InChI is InChI=1S/C25H26ClN3O4S/c1-15(2)27-23(31)17-7-10-20-21(12-17)28-25(29(24(20)32)13-19-4-3-11-33-19)34-14-22(30)16-5-8-18(26)9-6-16/h5-10,12,15,19H,3-4,11,13-14H2,1-2H3,(H,27,31). The molecule has 1 N–H and O–H groups in total. The van der Waals surface area contributed by atoms with Crippen molar-refractivity contribution in [1.82, 2.24) is 14.9 Å². The largest absolute Gasteiger partial charge is 0.376 e. The Hall–Kier alpha value is -2.68. The van der Waals surface area contributed by atoms with Gasteiger partial charge in [-0.05, 0) is 69.2 Å². The molecule has 0 bridgehead atoms. The number of hydrogen-bond acceptors (Lipinski definition) is 6. The van der Waals surface area contributed by atoms with Crippen molar-refractivity contribution in [2.45, 2.75) is 50.5 Å². The number of carbonyl (C=O) groups excluding carboxylic acids is 2. The molecule has 1 aromatic heterocycles. The second-order valence-electron chi connectivity index (χ2n) is 8.52. The third-order valence-electron chi connectivity index (χ3n) is 5.51. The quantitative estimate of drug-likeness (QED) is 0.281. The lowest BCUT2D eigenvalue weighted by atomic mass is 10.1. The number of fused-ring (bicyclic) bond motifs is 1. The van der Waals surface area contributed by atoms with Crippen molar-refractivity contribution in [2.24, 2.45) is 0 Å². The zero-order valence-corrected chi connectivity index (χ0v) is 20.6. The maximum absolute atomic E-state index is 13.4. The number of thioether (sulfide) groups is 1. The summed E-state index contributed by atoms with van der Waals surface area (Å²) >= 11 is 7.13. The molecule has 7 nitrogen and oxygen atoms in total. The van der Waals surface area contributed by atoms with Crippen LogP contribution < -0.4 is 10.9 Å². The van der Waals surface area contributed by atoms with Gasteiger partial charge < -0.3 is 10.1 Å². The number of aromatic nitrogens is 2. The fourth-order valence-corrected chi connectivity index (χ4v) is 4.83. The van der Waals surface area contributed by atoms with Gasteiger partial charge in [-0.25, -0.2) is 4.98 Å². The van der Waals surface area contributed by atoms with E-state index >= 15 is 0 Å². The first-order valence-corrected chi connectivity index (χ1v) is 12.6. The van der Waals surface area contributed by atoms with E-state index in [1.807, 2.05) is 13.8 Å². The Balaban J connectivity index is 1.68. The Morgan fingerprint density at radius 2 is 1.94 bits per heavy atom. The SMILES string of the molecule is CC(C)NC(=O)c1ccc2c(=O)n(CC3CCCO3)c(SCC(=O)c3ccc(Cl)cc3)nc2c1. The molecule has 4 rings (SSSR count). The molecule has 34 heavy (non-hydrogen) atoms. The monoisotopic (exact) mass is 499 g/mol. The molecule has 0 saturated carbocycles. The second kappa shape index (κ2) is 10.7. The van der Waals surface area contributed by atoms with E-state index in [9.17, 15) is 14.4 Å². The summed E-state index contributed by atoms with van der Waals surface area (Å²) < 4.78 is 7.33. The van der Waals surface area contributed by atoms with Crippen LogP contribution in [0.2, 0.25) is 5.02 Å². The second-order valence-corrected chi connectivity index (χ2v) is 9.90. The molecule has 1 aliphatic heterocycles. The summed E-state index contributed by atoms with van der Waals surface area (Å²) in [7, 11) is 0.